The van der Waals surface area contributed by atoms with Crippen molar-refractivity contribution in [1.29, 1.82) is 0 Å². The summed E-state index contributed by atoms with van der Waals surface area (Å²) in [5.41, 5.74) is -3.02. The zero-order chi connectivity index (χ0) is 20.6. The molecule has 0 aliphatic heterocycles. The van der Waals surface area contributed by atoms with Crippen molar-refractivity contribution in [3.05, 3.63) is 29.3 Å². The average molecular weight is 248 g/mol. The second kappa shape index (κ2) is 5.49. The lowest BCUT2D eigenvalue weighted by molar-refractivity contribution is 0.163. The van der Waals surface area contributed by atoms with E-state index in [1.54, 1.807) is 0 Å². The molecule has 1 rings (SSSR count). The van der Waals surface area contributed by atoms with Crippen molar-refractivity contribution in [3.8, 4) is 5.75 Å². The first-order valence-electron chi connectivity index (χ1n) is 9.44. The Balaban J connectivity index is 3.22. The van der Waals surface area contributed by atoms with Crippen LogP contribution < -0.4 is 5.32 Å². The summed E-state index contributed by atoms with van der Waals surface area (Å²) in [6.07, 6.45) is -1.48. The summed E-state index contributed by atoms with van der Waals surface area (Å²) in [6.45, 7) is -11.5. The molecule has 0 fully saturated rings. The van der Waals surface area contributed by atoms with Gasteiger partial charge >= 0.3 is 0 Å². The van der Waals surface area contributed by atoms with E-state index >= 15 is 0 Å². The molecule has 0 radical (unpaired) electrons. The van der Waals surface area contributed by atoms with E-state index in [2.05, 4.69) is 0 Å². The third kappa shape index (κ3) is 4.34. The van der Waals surface area contributed by atoms with Gasteiger partial charge in [0.1, 0.15) is 5.75 Å². The highest BCUT2D eigenvalue weighted by Gasteiger charge is 2.14. The van der Waals surface area contributed by atoms with Crippen molar-refractivity contribution in [2.75, 3.05) is 6.54 Å². The third-order valence-electron chi connectivity index (χ3n) is 2.22. The Bertz CT molecular complexity index is 589. The van der Waals surface area contributed by atoms with Crippen LogP contribution in [-0.4, -0.2) is 27.4 Å². The predicted octanol–water partition coefficient (Wildman–Crippen LogP) is 1.31. The number of hydrogen-bond acceptors (Lipinski definition) is 4. The van der Waals surface area contributed by atoms with Crippen LogP contribution in [0.4, 0.5) is 0 Å². The van der Waals surface area contributed by atoms with E-state index in [0.717, 1.165) is 0 Å². The molecule has 0 unspecified atom stereocenters. The number of benzene rings is 1. The monoisotopic (exact) mass is 248 g/mol. The quantitative estimate of drug-likeness (QED) is 0.648. The van der Waals surface area contributed by atoms with E-state index in [-0.39, 0.29) is 16.9 Å². The molecule has 0 aliphatic rings. The van der Waals surface area contributed by atoms with E-state index in [1.807, 2.05) is 5.32 Å². The molecule has 0 bridgehead atoms. The van der Waals surface area contributed by atoms with Gasteiger partial charge in [0, 0.05) is 30.0 Å². The highest BCUT2D eigenvalue weighted by molar-refractivity contribution is 5.36. The normalized spacial score (nSPS) is 23.8. The van der Waals surface area contributed by atoms with Gasteiger partial charge in [-0.1, -0.05) is 6.07 Å². The molecule has 0 spiro atoms. The Morgan fingerprint density at radius 1 is 1.41 bits per heavy atom. The van der Waals surface area contributed by atoms with E-state index in [1.165, 1.54) is 18.2 Å². The van der Waals surface area contributed by atoms with Crippen molar-refractivity contribution in [3.63, 3.8) is 0 Å². The fourth-order valence-electron chi connectivity index (χ4n) is 1.31. The molecule has 0 saturated carbocycles. The van der Waals surface area contributed by atoms with E-state index in [0.29, 0.717) is 0 Å². The molecule has 96 valence electrons. The average Bonchev–Trinajstić information content (AvgIpc) is 2.43. The molecule has 1 atom stereocenters. The number of aliphatic hydroxyl groups excluding tert-OH is 2. The Labute approximate surface area is 115 Å². The molecule has 4 heteroatoms. The van der Waals surface area contributed by atoms with Crippen molar-refractivity contribution < 1.29 is 27.7 Å². The Morgan fingerprint density at radius 2 is 2.12 bits per heavy atom. The van der Waals surface area contributed by atoms with E-state index in [4.69, 9.17) is 17.4 Å². The first kappa shape index (κ1) is 5.69. The summed E-state index contributed by atoms with van der Waals surface area (Å²) >= 11 is 0. The van der Waals surface area contributed by atoms with Crippen LogP contribution in [0.1, 0.15) is 50.1 Å². The van der Waals surface area contributed by atoms with Crippen LogP contribution in [0.2, 0.25) is 0 Å². The number of nitrogens with one attached hydrogen (secondary N) is 1. The number of phenols is 1. The van der Waals surface area contributed by atoms with Crippen molar-refractivity contribution in [1.82, 2.24) is 5.32 Å². The molecule has 0 heterocycles. The van der Waals surface area contributed by atoms with Gasteiger partial charge < -0.3 is 20.6 Å². The SMILES string of the molecule is [2H]C([2H])([2H])C(NC[C@@H](O)c1ccc(O)c(CO)c1)(C([2H])([2H])[2H])C([2H])([2H])[2H]. The molecule has 0 saturated heterocycles. The highest BCUT2D eigenvalue weighted by atomic mass is 16.3. The molecule has 1 aromatic carbocycles. The molecular weight excluding hydrogens is 218 g/mol. The van der Waals surface area contributed by atoms with Gasteiger partial charge in [0.05, 0.1) is 12.7 Å². The number of β-amino-alcohol motifs (C(OH)–C–C–N with tert-alkyl or cyclic N) is 1. The molecule has 17 heavy (non-hydrogen) atoms. The third-order valence-corrected chi connectivity index (χ3v) is 2.22. The highest BCUT2D eigenvalue weighted by Crippen LogP contribution is 2.22. The lowest BCUT2D eigenvalue weighted by atomic mass is 10.0. The van der Waals surface area contributed by atoms with Gasteiger partial charge in [-0.25, -0.2) is 0 Å². The van der Waals surface area contributed by atoms with Gasteiger partial charge in [0.25, 0.3) is 0 Å². The van der Waals surface area contributed by atoms with Crippen LogP contribution in [0.5, 0.6) is 5.75 Å². The lowest BCUT2D eigenvalue weighted by Gasteiger charge is -2.23. The second-order valence-corrected chi connectivity index (χ2v) is 3.69. The fourth-order valence-corrected chi connectivity index (χ4v) is 1.31. The van der Waals surface area contributed by atoms with Crippen molar-refractivity contribution >= 4 is 0 Å². The summed E-state index contributed by atoms with van der Waals surface area (Å²) in [5, 5.41) is 30.9. The Hall–Kier alpha value is -1.10. The topological polar surface area (TPSA) is 72.7 Å². The van der Waals surface area contributed by atoms with Crippen molar-refractivity contribution in [2.45, 2.75) is 38.8 Å². The zero-order valence-corrected chi connectivity index (χ0v) is 9.07. The molecule has 0 aliphatic carbocycles. The van der Waals surface area contributed by atoms with Gasteiger partial charge in [-0.05, 0) is 38.3 Å². The Kier molecular flexibility index (Phi) is 1.84. The van der Waals surface area contributed by atoms with Gasteiger partial charge in [0.2, 0.25) is 0 Å². The maximum Gasteiger partial charge on any atom is 0.121 e. The summed E-state index contributed by atoms with van der Waals surface area (Å²) in [7, 11) is 0. The zero-order valence-electron chi connectivity index (χ0n) is 18.1. The van der Waals surface area contributed by atoms with Gasteiger partial charge in [0.15, 0.2) is 0 Å². The summed E-state index contributed by atoms with van der Waals surface area (Å²) in [4.78, 5) is 0. The fraction of sp³-hybridized carbons (Fsp3) is 0.538. The number of aromatic hydroxyl groups is 1. The number of aliphatic hydroxyl groups is 2. The second-order valence-electron chi connectivity index (χ2n) is 3.69. The first-order valence-corrected chi connectivity index (χ1v) is 4.94. The lowest BCUT2D eigenvalue weighted by Crippen LogP contribution is -2.38. The van der Waals surface area contributed by atoms with Crippen LogP contribution >= 0.6 is 0 Å². The smallest absolute Gasteiger partial charge is 0.121 e. The molecular formula is C13H21NO3. The molecule has 4 N–H and O–H groups in total. The summed E-state index contributed by atoms with van der Waals surface area (Å²) < 4.78 is 67.4. The van der Waals surface area contributed by atoms with Crippen LogP contribution in [-0.2, 0) is 6.61 Å². The van der Waals surface area contributed by atoms with Crippen LogP contribution in [0.15, 0.2) is 18.2 Å². The minimum atomic E-state index is -3.42. The summed E-state index contributed by atoms with van der Waals surface area (Å²) in [5.74, 6) is -0.224. The number of hydrogen-bond donors (Lipinski definition) is 4. The Morgan fingerprint density at radius 3 is 2.71 bits per heavy atom. The van der Waals surface area contributed by atoms with Gasteiger partial charge in [-0.3, -0.25) is 0 Å². The number of rotatable bonds is 4. The predicted molar refractivity (Wildman–Crippen MR) is 66.7 cm³/mol. The van der Waals surface area contributed by atoms with Gasteiger partial charge in [-0.15, -0.1) is 0 Å². The van der Waals surface area contributed by atoms with Crippen LogP contribution in [0.25, 0.3) is 0 Å². The maximum absolute atomic E-state index is 10.2. The minimum Gasteiger partial charge on any atom is -0.508 e. The standard InChI is InChI=1S/C13H21NO3/c1-13(2,3)14-7-12(17)9-4-5-11(16)10(6-9)8-15/h4-6,12,14-17H,7-8H2,1-3H3/t12-/m1/s1/i1D3,2D3,3D3. The molecule has 1 aromatic rings. The van der Waals surface area contributed by atoms with Crippen LogP contribution in [0.3, 0.4) is 0 Å². The largest absolute Gasteiger partial charge is 0.508 e. The molecule has 4 nitrogen and oxygen atoms in total. The molecule has 0 aromatic heterocycles. The van der Waals surface area contributed by atoms with Crippen LogP contribution in [0, 0.1) is 0 Å². The molecule has 0 amide bonds. The van der Waals surface area contributed by atoms with E-state index in [9.17, 15) is 10.2 Å². The summed E-state index contributed by atoms with van der Waals surface area (Å²) in [6, 6.07) is 3.71. The first-order chi connectivity index (χ1) is 11.6. The minimum absolute atomic E-state index is 0.0928. The van der Waals surface area contributed by atoms with Crippen molar-refractivity contribution in [2.24, 2.45) is 0 Å². The van der Waals surface area contributed by atoms with E-state index < -0.39 is 45.4 Å². The van der Waals surface area contributed by atoms with Gasteiger partial charge in [-0.2, -0.15) is 0 Å². The maximum atomic E-state index is 10.2.